The Morgan fingerprint density at radius 3 is 2.16 bits per heavy atom. The molecule has 1 aliphatic rings. The van der Waals surface area contributed by atoms with Gasteiger partial charge in [-0.2, -0.15) is 0 Å². The Bertz CT molecular complexity index is 1290. The van der Waals surface area contributed by atoms with Gasteiger partial charge in [0.25, 0.3) is 5.91 Å². The van der Waals surface area contributed by atoms with E-state index >= 15 is 0 Å². The SMILES string of the molecule is COc1cc(NC(=O)CC2C(=O)N(c3cccc(OC)c3)C(=O)N2Cc2ccc(F)cc2)cc(OC)c1. The van der Waals surface area contributed by atoms with Crippen LogP contribution >= 0.6 is 0 Å². The van der Waals surface area contributed by atoms with Crippen molar-refractivity contribution in [1.82, 2.24) is 4.90 Å². The Hall–Kier alpha value is -4.60. The number of nitrogens with one attached hydrogen (secondary N) is 1. The van der Waals surface area contributed by atoms with E-state index in [-0.39, 0.29) is 13.0 Å². The quantitative estimate of drug-likeness (QED) is 0.436. The standard InChI is InChI=1S/C27H26FN3O6/c1-35-21-6-4-5-20(13-21)31-26(33)24(30(27(31)34)16-17-7-9-18(28)10-8-17)15-25(32)29-19-11-22(36-2)14-23(12-19)37-3/h4-14,24H,15-16H2,1-3H3,(H,29,32). The zero-order chi connectivity index (χ0) is 26.5. The molecule has 0 aromatic heterocycles. The topological polar surface area (TPSA) is 97.4 Å². The second-order valence-corrected chi connectivity index (χ2v) is 8.28. The molecule has 4 rings (SSSR count). The minimum absolute atomic E-state index is 0.0102. The van der Waals surface area contributed by atoms with Gasteiger partial charge >= 0.3 is 6.03 Å². The molecule has 1 aliphatic heterocycles. The van der Waals surface area contributed by atoms with Crippen LogP contribution in [0.1, 0.15) is 12.0 Å². The molecule has 1 unspecified atom stereocenters. The molecule has 0 radical (unpaired) electrons. The number of carbonyl (C=O) groups is 3. The van der Waals surface area contributed by atoms with Gasteiger partial charge in [-0.05, 0) is 29.8 Å². The van der Waals surface area contributed by atoms with Crippen LogP contribution in [0.5, 0.6) is 17.2 Å². The summed E-state index contributed by atoms with van der Waals surface area (Å²) in [6.07, 6.45) is -0.300. The number of carbonyl (C=O) groups excluding carboxylic acids is 3. The number of benzene rings is 3. The predicted molar refractivity (Wildman–Crippen MR) is 134 cm³/mol. The van der Waals surface area contributed by atoms with Gasteiger partial charge in [0.15, 0.2) is 0 Å². The fraction of sp³-hybridized carbons (Fsp3) is 0.222. The number of methoxy groups -OCH3 is 3. The number of amides is 4. The summed E-state index contributed by atoms with van der Waals surface area (Å²) in [6.45, 7) is 0.0102. The molecule has 9 nitrogen and oxygen atoms in total. The zero-order valence-corrected chi connectivity index (χ0v) is 20.6. The maximum atomic E-state index is 13.5. The lowest BCUT2D eigenvalue weighted by Gasteiger charge is -2.22. The van der Waals surface area contributed by atoms with Crippen molar-refractivity contribution in [1.29, 1.82) is 0 Å². The molecule has 1 N–H and O–H groups in total. The molecule has 0 spiro atoms. The van der Waals surface area contributed by atoms with Crippen molar-refractivity contribution in [3.05, 3.63) is 78.1 Å². The molecule has 0 bridgehead atoms. The van der Waals surface area contributed by atoms with Crippen LogP contribution in [-0.4, -0.2) is 50.1 Å². The van der Waals surface area contributed by atoms with Crippen molar-refractivity contribution in [3.8, 4) is 17.2 Å². The highest BCUT2D eigenvalue weighted by atomic mass is 19.1. The lowest BCUT2D eigenvalue weighted by atomic mass is 10.1. The summed E-state index contributed by atoms with van der Waals surface area (Å²) in [7, 11) is 4.46. The molecule has 1 fully saturated rings. The number of halogens is 1. The average molecular weight is 508 g/mol. The first kappa shape index (κ1) is 25.5. The number of hydrogen-bond donors (Lipinski definition) is 1. The lowest BCUT2D eigenvalue weighted by Crippen LogP contribution is -2.37. The molecule has 4 amide bonds. The van der Waals surface area contributed by atoms with Crippen molar-refractivity contribution in [2.24, 2.45) is 0 Å². The third kappa shape index (κ3) is 5.64. The first-order valence-corrected chi connectivity index (χ1v) is 11.4. The summed E-state index contributed by atoms with van der Waals surface area (Å²) in [5, 5.41) is 2.74. The molecule has 3 aromatic carbocycles. The van der Waals surface area contributed by atoms with E-state index in [0.29, 0.717) is 34.2 Å². The molecular weight excluding hydrogens is 481 g/mol. The van der Waals surface area contributed by atoms with Crippen LogP contribution in [0, 0.1) is 5.82 Å². The van der Waals surface area contributed by atoms with Crippen LogP contribution in [0.25, 0.3) is 0 Å². The highest BCUT2D eigenvalue weighted by Gasteiger charge is 2.46. The van der Waals surface area contributed by atoms with Gasteiger partial charge in [0.2, 0.25) is 5.91 Å². The number of anilines is 2. The maximum Gasteiger partial charge on any atom is 0.332 e. The van der Waals surface area contributed by atoms with Gasteiger partial charge in [0.1, 0.15) is 29.1 Å². The van der Waals surface area contributed by atoms with Crippen molar-refractivity contribution < 1.29 is 33.0 Å². The highest BCUT2D eigenvalue weighted by molar-refractivity contribution is 6.22. The summed E-state index contributed by atoms with van der Waals surface area (Å²) >= 11 is 0. The van der Waals surface area contributed by atoms with E-state index in [1.54, 1.807) is 42.5 Å². The second kappa shape index (κ2) is 11.0. The summed E-state index contributed by atoms with van der Waals surface area (Å²) in [5.74, 6) is -0.0452. The molecule has 1 atom stereocenters. The van der Waals surface area contributed by atoms with Gasteiger partial charge in [0, 0.05) is 36.5 Å². The number of rotatable bonds is 9. The first-order valence-electron chi connectivity index (χ1n) is 11.4. The van der Waals surface area contributed by atoms with Gasteiger partial charge in [0.05, 0.1) is 33.4 Å². The third-order valence-corrected chi connectivity index (χ3v) is 5.91. The normalized spacial score (nSPS) is 15.1. The van der Waals surface area contributed by atoms with Gasteiger partial charge in [-0.3, -0.25) is 9.59 Å². The van der Waals surface area contributed by atoms with Crippen LogP contribution in [0.2, 0.25) is 0 Å². The summed E-state index contributed by atoms with van der Waals surface area (Å²) in [5.41, 5.74) is 1.34. The number of ether oxygens (including phenoxy) is 3. The van der Waals surface area contributed by atoms with Crippen molar-refractivity contribution in [2.75, 3.05) is 31.5 Å². The fourth-order valence-corrected chi connectivity index (χ4v) is 4.05. The molecule has 0 saturated carbocycles. The first-order chi connectivity index (χ1) is 17.8. The van der Waals surface area contributed by atoms with Gasteiger partial charge in [-0.25, -0.2) is 14.1 Å². The molecule has 1 heterocycles. The Balaban J connectivity index is 1.61. The van der Waals surface area contributed by atoms with E-state index in [2.05, 4.69) is 5.32 Å². The monoisotopic (exact) mass is 507 g/mol. The van der Waals surface area contributed by atoms with Crippen LogP contribution in [0.15, 0.2) is 66.7 Å². The van der Waals surface area contributed by atoms with Crippen LogP contribution < -0.4 is 24.4 Å². The van der Waals surface area contributed by atoms with Crippen molar-refractivity contribution in [2.45, 2.75) is 19.0 Å². The van der Waals surface area contributed by atoms with Gasteiger partial charge in [-0.1, -0.05) is 18.2 Å². The minimum atomic E-state index is -1.09. The molecule has 0 aliphatic carbocycles. The number of imide groups is 1. The molecule has 3 aromatic rings. The summed E-state index contributed by atoms with van der Waals surface area (Å²) in [6, 6.07) is 15.3. The fourth-order valence-electron chi connectivity index (χ4n) is 4.05. The second-order valence-electron chi connectivity index (χ2n) is 8.28. The summed E-state index contributed by atoms with van der Waals surface area (Å²) in [4.78, 5) is 42.3. The number of hydrogen-bond acceptors (Lipinski definition) is 6. The van der Waals surface area contributed by atoms with E-state index in [0.717, 1.165) is 4.90 Å². The van der Waals surface area contributed by atoms with E-state index in [1.807, 2.05) is 0 Å². The third-order valence-electron chi connectivity index (χ3n) is 5.91. The zero-order valence-electron chi connectivity index (χ0n) is 20.6. The molecule has 192 valence electrons. The van der Waals surface area contributed by atoms with Crippen molar-refractivity contribution >= 4 is 29.2 Å². The molecule has 37 heavy (non-hydrogen) atoms. The number of nitrogens with zero attached hydrogens (tertiary/aromatic N) is 2. The van der Waals surface area contributed by atoms with Gasteiger partial charge < -0.3 is 24.4 Å². The van der Waals surface area contributed by atoms with E-state index < -0.39 is 29.7 Å². The smallest absolute Gasteiger partial charge is 0.332 e. The van der Waals surface area contributed by atoms with Crippen LogP contribution in [0.3, 0.4) is 0 Å². The Morgan fingerprint density at radius 1 is 0.892 bits per heavy atom. The summed E-state index contributed by atoms with van der Waals surface area (Å²) < 4.78 is 29.1. The molecule has 1 saturated heterocycles. The number of urea groups is 1. The van der Waals surface area contributed by atoms with Crippen molar-refractivity contribution in [3.63, 3.8) is 0 Å². The van der Waals surface area contributed by atoms with E-state index in [4.69, 9.17) is 14.2 Å². The largest absolute Gasteiger partial charge is 0.497 e. The van der Waals surface area contributed by atoms with E-state index in [9.17, 15) is 18.8 Å². The molecular formula is C27H26FN3O6. The Kier molecular flexibility index (Phi) is 7.57. The maximum absolute atomic E-state index is 13.5. The van der Waals surface area contributed by atoms with Crippen LogP contribution in [-0.2, 0) is 16.1 Å². The lowest BCUT2D eigenvalue weighted by molar-refractivity contribution is -0.124. The average Bonchev–Trinajstić information content (AvgIpc) is 3.13. The molecule has 10 heteroatoms. The van der Waals surface area contributed by atoms with Gasteiger partial charge in [-0.15, -0.1) is 0 Å². The predicted octanol–water partition coefficient (Wildman–Crippen LogP) is 4.22. The minimum Gasteiger partial charge on any atom is -0.497 e. The van der Waals surface area contributed by atoms with Crippen LogP contribution in [0.4, 0.5) is 20.6 Å². The Morgan fingerprint density at radius 2 is 1.54 bits per heavy atom. The highest BCUT2D eigenvalue weighted by Crippen LogP contribution is 2.31. The Labute approximate surface area is 213 Å². The van der Waals surface area contributed by atoms with E-state index in [1.165, 1.54) is 50.5 Å².